The molecular formula is C23H26N4O2. The molecule has 0 aliphatic rings. The summed E-state index contributed by atoms with van der Waals surface area (Å²) in [5, 5.41) is 6.06. The molecular weight excluding hydrogens is 364 g/mol. The van der Waals surface area contributed by atoms with Gasteiger partial charge in [-0.2, -0.15) is 0 Å². The molecule has 1 amide bonds. The predicted molar refractivity (Wildman–Crippen MR) is 115 cm³/mol. The molecule has 1 heterocycles. The van der Waals surface area contributed by atoms with Gasteiger partial charge in [0, 0.05) is 24.0 Å². The van der Waals surface area contributed by atoms with Crippen LogP contribution in [0.3, 0.4) is 0 Å². The van der Waals surface area contributed by atoms with Crippen molar-refractivity contribution in [1.82, 2.24) is 14.9 Å². The molecule has 3 rings (SSSR count). The third-order valence-electron chi connectivity index (χ3n) is 4.53. The molecule has 0 spiro atoms. The number of carbonyl (C=O) groups is 1. The summed E-state index contributed by atoms with van der Waals surface area (Å²) in [6, 6.07) is 15.4. The number of aromatic nitrogens is 2. The molecule has 0 radical (unpaired) electrons. The molecule has 6 heteroatoms. The van der Waals surface area contributed by atoms with Crippen LogP contribution in [0.4, 0.5) is 11.6 Å². The second kappa shape index (κ2) is 8.73. The lowest BCUT2D eigenvalue weighted by molar-refractivity contribution is -0.121. The van der Waals surface area contributed by atoms with Gasteiger partial charge in [0.05, 0.1) is 0 Å². The first kappa shape index (κ1) is 20.3. The van der Waals surface area contributed by atoms with Crippen molar-refractivity contribution < 1.29 is 4.79 Å². The van der Waals surface area contributed by atoms with E-state index < -0.39 is 0 Å². The molecule has 0 unspecified atom stereocenters. The third-order valence-corrected chi connectivity index (χ3v) is 4.53. The van der Waals surface area contributed by atoms with Gasteiger partial charge in [-0.3, -0.25) is 14.2 Å². The van der Waals surface area contributed by atoms with Gasteiger partial charge in [-0.1, -0.05) is 35.9 Å². The van der Waals surface area contributed by atoms with Crippen LogP contribution in [-0.4, -0.2) is 15.5 Å². The molecule has 2 N–H and O–H groups in total. The van der Waals surface area contributed by atoms with Crippen molar-refractivity contribution in [1.29, 1.82) is 0 Å². The van der Waals surface area contributed by atoms with Crippen LogP contribution in [0, 0.1) is 27.7 Å². The minimum Gasteiger partial charge on any atom is -0.350 e. The number of nitrogens with zero attached hydrogens (tertiary/aromatic N) is 2. The number of aryl methyl sites for hydroxylation is 4. The molecule has 0 saturated carbocycles. The van der Waals surface area contributed by atoms with E-state index in [1.54, 1.807) is 6.92 Å². The first-order chi connectivity index (χ1) is 13.8. The molecule has 3 aromatic rings. The first-order valence-electron chi connectivity index (χ1n) is 9.56. The van der Waals surface area contributed by atoms with Gasteiger partial charge in [-0.25, -0.2) is 4.98 Å². The minimum absolute atomic E-state index is 0.106. The van der Waals surface area contributed by atoms with E-state index in [2.05, 4.69) is 21.7 Å². The fourth-order valence-corrected chi connectivity index (χ4v) is 3.15. The summed E-state index contributed by atoms with van der Waals surface area (Å²) in [4.78, 5) is 29.5. The lowest BCUT2D eigenvalue weighted by Gasteiger charge is -2.15. The maximum absolute atomic E-state index is 12.5. The van der Waals surface area contributed by atoms with Crippen LogP contribution in [0.25, 0.3) is 0 Å². The highest BCUT2D eigenvalue weighted by Crippen LogP contribution is 2.18. The topological polar surface area (TPSA) is 76.0 Å². The van der Waals surface area contributed by atoms with Crippen LogP contribution >= 0.6 is 0 Å². The Bertz CT molecular complexity index is 1060. The molecule has 0 bridgehead atoms. The van der Waals surface area contributed by atoms with E-state index in [1.165, 1.54) is 16.2 Å². The molecule has 29 heavy (non-hydrogen) atoms. The number of amides is 1. The second-order valence-corrected chi connectivity index (χ2v) is 7.41. The SMILES string of the molecule is Cc1ccc(CNC(=O)Cn2c(Nc3cc(C)cc(C)c3)nc(C)cc2=O)cc1. The fraction of sp³-hybridized carbons (Fsp3) is 0.261. The van der Waals surface area contributed by atoms with Crippen LogP contribution in [-0.2, 0) is 17.9 Å². The summed E-state index contributed by atoms with van der Waals surface area (Å²) in [5.41, 5.74) is 5.53. The van der Waals surface area contributed by atoms with E-state index >= 15 is 0 Å². The molecule has 6 nitrogen and oxygen atoms in total. The monoisotopic (exact) mass is 390 g/mol. The number of hydrogen-bond donors (Lipinski definition) is 2. The van der Waals surface area contributed by atoms with E-state index in [0.717, 1.165) is 22.4 Å². The Kier molecular flexibility index (Phi) is 6.12. The van der Waals surface area contributed by atoms with Crippen LogP contribution < -0.4 is 16.2 Å². The molecule has 0 fully saturated rings. The Morgan fingerprint density at radius 3 is 2.24 bits per heavy atom. The molecule has 2 aromatic carbocycles. The predicted octanol–water partition coefficient (Wildman–Crippen LogP) is 3.54. The number of benzene rings is 2. The van der Waals surface area contributed by atoms with Crippen LogP contribution in [0.2, 0.25) is 0 Å². The summed E-state index contributed by atoms with van der Waals surface area (Å²) in [6.07, 6.45) is 0. The zero-order chi connectivity index (χ0) is 21.0. The van der Waals surface area contributed by atoms with Gasteiger partial charge in [0.2, 0.25) is 11.9 Å². The average molecular weight is 390 g/mol. The minimum atomic E-state index is -0.269. The smallest absolute Gasteiger partial charge is 0.255 e. The maximum atomic E-state index is 12.5. The normalized spacial score (nSPS) is 10.6. The van der Waals surface area contributed by atoms with E-state index in [1.807, 2.05) is 57.2 Å². The van der Waals surface area contributed by atoms with Gasteiger partial charge >= 0.3 is 0 Å². The highest BCUT2D eigenvalue weighted by Gasteiger charge is 2.12. The third kappa shape index (κ3) is 5.54. The van der Waals surface area contributed by atoms with E-state index in [0.29, 0.717) is 18.2 Å². The Morgan fingerprint density at radius 1 is 0.931 bits per heavy atom. The first-order valence-corrected chi connectivity index (χ1v) is 9.56. The van der Waals surface area contributed by atoms with Crippen molar-refractivity contribution in [2.45, 2.75) is 40.8 Å². The van der Waals surface area contributed by atoms with E-state index in [4.69, 9.17) is 0 Å². The fourth-order valence-electron chi connectivity index (χ4n) is 3.15. The van der Waals surface area contributed by atoms with Crippen molar-refractivity contribution in [3.05, 3.63) is 86.8 Å². The molecule has 0 atom stereocenters. The van der Waals surface area contributed by atoms with Gasteiger partial charge in [-0.05, 0) is 56.5 Å². The molecule has 1 aromatic heterocycles. The quantitative estimate of drug-likeness (QED) is 0.675. The zero-order valence-electron chi connectivity index (χ0n) is 17.2. The number of anilines is 2. The van der Waals surface area contributed by atoms with Gasteiger partial charge in [0.25, 0.3) is 5.56 Å². The number of carbonyl (C=O) groups excluding carboxylic acids is 1. The zero-order valence-corrected chi connectivity index (χ0v) is 17.2. The highest BCUT2D eigenvalue weighted by molar-refractivity contribution is 5.76. The average Bonchev–Trinajstić information content (AvgIpc) is 2.63. The van der Waals surface area contributed by atoms with Gasteiger partial charge < -0.3 is 10.6 Å². The Morgan fingerprint density at radius 2 is 1.59 bits per heavy atom. The Hall–Kier alpha value is -3.41. The van der Waals surface area contributed by atoms with Gasteiger partial charge in [-0.15, -0.1) is 0 Å². The lowest BCUT2D eigenvalue weighted by atomic mass is 10.1. The Balaban J connectivity index is 1.78. The Labute approximate surface area is 170 Å². The number of rotatable bonds is 6. The van der Waals surface area contributed by atoms with Crippen molar-refractivity contribution >= 4 is 17.5 Å². The summed E-state index contributed by atoms with van der Waals surface area (Å²) in [6.45, 7) is 8.10. The van der Waals surface area contributed by atoms with E-state index in [9.17, 15) is 9.59 Å². The van der Waals surface area contributed by atoms with Crippen LogP contribution in [0.5, 0.6) is 0 Å². The van der Waals surface area contributed by atoms with Crippen molar-refractivity contribution in [3.63, 3.8) is 0 Å². The van der Waals surface area contributed by atoms with Crippen LogP contribution in [0.1, 0.15) is 27.9 Å². The van der Waals surface area contributed by atoms with Crippen molar-refractivity contribution in [2.75, 3.05) is 5.32 Å². The number of hydrogen-bond acceptors (Lipinski definition) is 4. The lowest BCUT2D eigenvalue weighted by Crippen LogP contribution is -2.33. The molecule has 0 aliphatic heterocycles. The van der Waals surface area contributed by atoms with Crippen molar-refractivity contribution in [2.24, 2.45) is 0 Å². The summed E-state index contributed by atoms with van der Waals surface area (Å²) in [7, 11) is 0. The van der Waals surface area contributed by atoms with Gasteiger partial charge in [0.1, 0.15) is 6.54 Å². The van der Waals surface area contributed by atoms with Crippen molar-refractivity contribution in [3.8, 4) is 0 Å². The van der Waals surface area contributed by atoms with E-state index in [-0.39, 0.29) is 18.0 Å². The molecule has 0 aliphatic carbocycles. The number of nitrogens with one attached hydrogen (secondary N) is 2. The highest BCUT2D eigenvalue weighted by atomic mass is 16.2. The maximum Gasteiger partial charge on any atom is 0.255 e. The second-order valence-electron chi connectivity index (χ2n) is 7.41. The van der Waals surface area contributed by atoms with Crippen LogP contribution in [0.15, 0.2) is 53.3 Å². The molecule has 0 saturated heterocycles. The summed E-state index contributed by atoms with van der Waals surface area (Å²) >= 11 is 0. The standard InChI is InChI=1S/C23H26N4O2/c1-15-5-7-19(8-6-15)13-24-21(28)14-27-22(29)12-18(4)25-23(27)26-20-10-16(2)9-17(3)11-20/h5-12H,13-14H2,1-4H3,(H,24,28)(H,25,26). The van der Waals surface area contributed by atoms with Gasteiger partial charge in [0.15, 0.2) is 0 Å². The molecule has 150 valence electrons. The largest absolute Gasteiger partial charge is 0.350 e. The summed E-state index contributed by atoms with van der Waals surface area (Å²) < 4.78 is 1.36. The summed E-state index contributed by atoms with van der Waals surface area (Å²) in [5.74, 6) is 0.104.